The summed E-state index contributed by atoms with van der Waals surface area (Å²) in [5.74, 6) is -0.0388. The predicted molar refractivity (Wildman–Crippen MR) is 87.7 cm³/mol. The largest absolute Gasteiger partial charge is 0.347 e. The summed E-state index contributed by atoms with van der Waals surface area (Å²) in [5, 5.41) is 5.09. The van der Waals surface area contributed by atoms with Crippen LogP contribution in [-0.4, -0.2) is 23.1 Å². The highest BCUT2D eigenvalue weighted by atomic mass is 32.1. The molecule has 0 spiro atoms. The minimum absolute atomic E-state index is 0.0388. The van der Waals surface area contributed by atoms with E-state index in [-0.39, 0.29) is 11.9 Å². The molecule has 1 amide bonds. The van der Waals surface area contributed by atoms with Gasteiger partial charge in [0.1, 0.15) is 5.69 Å². The zero-order valence-corrected chi connectivity index (χ0v) is 13.2. The van der Waals surface area contributed by atoms with Gasteiger partial charge in [-0.3, -0.25) is 4.79 Å². The lowest BCUT2D eigenvalue weighted by atomic mass is 10.1. The van der Waals surface area contributed by atoms with Crippen LogP contribution in [0.4, 0.5) is 0 Å². The Balaban J connectivity index is 2.00. The lowest BCUT2D eigenvalue weighted by molar-refractivity contribution is 0.0927. The maximum absolute atomic E-state index is 12.4. The average Bonchev–Trinajstić information content (AvgIpc) is 3.15. The fraction of sp³-hybridized carbons (Fsp3) is 0.438. The molecule has 5 heteroatoms. The molecule has 114 valence electrons. The first-order chi connectivity index (χ1) is 10.2. The van der Waals surface area contributed by atoms with Crippen molar-refractivity contribution in [1.82, 2.24) is 9.88 Å². The van der Waals surface area contributed by atoms with E-state index in [0.717, 1.165) is 25.8 Å². The molecule has 1 atom stereocenters. The molecule has 2 aromatic rings. The van der Waals surface area contributed by atoms with Gasteiger partial charge in [0.15, 0.2) is 0 Å². The van der Waals surface area contributed by atoms with Gasteiger partial charge in [0.05, 0.1) is 6.54 Å². The second-order valence-corrected chi connectivity index (χ2v) is 6.18. The SMILES string of the molecule is CCCCC(CN)NC(=O)c1cccn1Cc1cccs1. The number of thiophene rings is 1. The molecule has 0 bridgehead atoms. The number of hydrogen-bond acceptors (Lipinski definition) is 3. The third-order valence-corrected chi connectivity index (χ3v) is 4.36. The molecular formula is C16H23N3OS. The lowest BCUT2D eigenvalue weighted by Crippen LogP contribution is -2.40. The van der Waals surface area contributed by atoms with Crippen molar-refractivity contribution in [3.63, 3.8) is 0 Å². The summed E-state index contributed by atoms with van der Waals surface area (Å²) >= 11 is 1.70. The van der Waals surface area contributed by atoms with Gasteiger partial charge >= 0.3 is 0 Å². The van der Waals surface area contributed by atoms with E-state index in [1.54, 1.807) is 11.3 Å². The number of carbonyl (C=O) groups excluding carboxylic acids is 1. The number of nitrogens with one attached hydrogen (secondary N) is 1. The number of amides is 1. The number of rotatable bonds is 8. The molecular weight excluding hydrogens is 282 g/mol. The Morgan fingerprint density at radius 3 is 2.95 bits per heavy atom. The molecule has 2 heterocycles. The Morgan fingerprint density at radius 1 is 1.43 bits per heavy atom. The van der Waals surface area contributed by atoms with Crippen molar-refractivity contribution in [3.05, 3.63) is 46.4 Å². The molecule has 1 unspecified atom stereocenters. The van der Waals surface area contributed by atoms with Gasteiger partial charge in [-0.15, -0.1) is 11.3 Å². The third kappa shape index (κ3) is 4.44. The minimum atomic E-state index is -0.0388. The third-order valence-electron chi connectivity index (χ3n) is 3.49. The van der Waals surface area contributed by atoms with E-state index in [2.05, 4.69) is 18.3 Å². The van der Waals surface area contributed by atoms with Crippen LogP contribution in [-0.2, 0) is 6.54 Å². The Morgan fingerprint density at radius 2 is 2.29 bits per heavy atom. The molecule has 0 saturated heterocycles. The van der Waals surface area contributed by atoms with Gasteiger partial charge < -0.3 is 15.6 Å². The Hall–Kier alpha value is -1.59. The quantitative estimate of drug-likeness (QED) is 0.788. The average molecular weight is 305 g/mol. The number of unbranched alkanes of at least 4 members (excludes halogenated alkanes) is 1. The van der Waals surface area contributed by atoms with Gasteiger partial charge in [-0.1, -0.05) is 25.8 Å². The second-order valence-electron chi connectivity index (χ2n) is 5.15. The van der Waals surface area contributed by atoms with Crippen LogP contribution in [0, 0.1) is 0 Å². The highest BCUT2D eigenvalue weighted by molar-refractivity contribution is 7.09. The highest BCUT2D eigenvalue weighted by Gasteiger charge is 2.15. The molecule has 0 aliphatic carbocycles. The summed E-state index contributed by atoms with van der Waals surface area (Å²) in [4.78, 5) is 13.6. The number of carbonyl (C=O) groups is 1. The molecule has 3 N–H and O–H groups in total. The van der Waals surface area contributed by atoms with E-state index in [0.29, 0.717) is 12.2 Å². The number of hydrogen-bond donors (Lipinski definition) is 2. The fourth-order valence-corrected chi connectivity index (χ4v) is 2.99. The molecule has 0 aliphatic rings. The van der Waals surface area contributed by atoms with Gasteiger partial charge in [0.25, 0.3) is 5.91 Å². The number of nitrogens with zero attached hydrogens (tertiary/aromatic N) is 1. The molecule has 0 saturated carbocycles. The molecule has 0 fully saturated rings. The van der Waals surface area contributed by atoms with Gasteiger partial charge in [-0.05, 0) is 30.0 Å². The van der Waals surface area contributed by atoms with Crippen LogP contribution in [0.15, 0.2) is 35.8 Å². The monoisotopic (exact) mass is 305 g/mol. The summed E-state index contributed by atoms with van der Waals surface area (Å²) in [6.45, 7) is 3.36. The molecule has 2 rings (SSSR count). The second kappa shape index (κ2) is 8.00. The van der Waals surface area contributed by atoms with Crippen LogP contribution in [0.3, 0.4) is 0 Å². The molecule has 0 aliphatic heterocycles. The molecule has 2 aromatic heterocycles. The van der Waals surface area contributed by atoms with Crippen LogP contribution in [0.2, 0.25) is 0 Å². The van der Waals surface area contributed by atoms with E-state index < -0.39 is 0 Å². The van der Waals surface area contributed by atoms with Gasteiger partial charge in [-0.25, -0.2) is 0 Å². The van der Waals surface area contributed by atoms with Gasteiger partial charge in [-0.2, -0.15) is 0 Å². The van der Waals surface area contributed by atoms with Crippen LogP contribution in [0.1, 0.15) is 41.6 Å². The summed E-state index contributed by atoms with van der Waals surface area (Å²) < 4.78 is 1.98. The van der Waals surface area contributed by atoms with E-state index in [4.69, 9.17) is 5.73 Å². The molecule has 21 heavy (non-hydrogen) atoms. The Labute approximate surface area is 130 Å². The van der Waals surface area contributed by atoms with Crippen molar-refractivity contribution in [2.75, 3.05) is 6.54 Å². The molecule has 0 radical (unpaired) electrons. The zero-order chi connectivity index (χ0) is 15.1. The Bertz CT molecular complexity index is 548. The van der Waals surface area contributed by atoms with Crippen molar-refractivity contribution in [3.8, 4) is 0 Å². The predicted octanol–water partition coefficient (Wildman–Crippen LogP) is 2.85. The van der Waals surface area contributed by atoms with E-state index >= 15 is 0 Å². The summed E-state index contributed by atoms with van der Waals surface area (Å²) in [6.07, 6.45) is 5.07. The van der Waals surface area contributed by atoms with E-state index in [1.807, 2.05) is 34.3 Å². The maximum Gasteiger partial charge on any atom is 0.268 e. The fourth-order valence-electron chi connectivity index (χ4n) is 2.29. The van der Waals surface area contributed by atoms with Crippen molar-refractivity contribution in [2.24, 2.45) is 5.73 Å². The zero-order valence-electron chi connectivity index (χ0n) is 12.4. The minimum Gasteiger partial charge on any atom is -0.347 e. The first-order valence-electron chi connectivity index (χ1n) is 7.43. The summed E-state index contributed by atoms with van der Waals surface area (Å²) in [5.41, 5.74) is 6.44. The van der Waals surface area contributed by atoms with Crippen molar-refractivity contribution in [1.29, 1.82) is 0 Å². The van der Waals surface area contributed by atoms with Crippen LogP contribution < -0.4 is 11.1 Å². The van der Waals surface area contributed by atoms with E-state index in [1.165, 1.54) is 4.88 Å². The first kappa shape index (κ1) is 15.8. The van der Waals surface area contributed by atoms with Crippen LogP contribution >= 0.6 is 11.3 Å². The number of aromatic nitrogens is 1. The highest BCUT2D eigenvalue weighted by Crippen LogP contribution is 2.13. The molecule has 4 nitrogen and oxygen atoms in total. The Kier molecular flexibility index (Phi) is 6.02. The van der Waals surface area contributed by atoms with Crippen LogP contribution in [0.25, 0.3) is 0 Å². The standard InChI is InChI=1S/C16H23N3OS/c1-2-3-6-13(11-17)18-16(20)15-8-4-9-19(15)12-14-7-5-10-21-14/h4-5,7-10,13H,2-3,6,11-12,17H2,1H3,(H,18,20). The first-order valence-corrected chi connectivity index (χ1v) is 8.31. The van der Waals surface area contributed by atoms with Crippen molar-refractivity contribution >= 4 is 17.2 Å². The normalized spacial score (nSPS) is 12.3. The van der Waals surface area contributed by atoms with Crippen molar-refractivity contribution in [2.45, 2.75) is 38.8 Å². The topological polar surface area (TPSA) is 60.0 Å². The van der Waals surface area contributed by atoms with Crippen molar-refractivity contribution < 1.29 is 4.79 Å². The summed E-state index contributed by atoms with van der Waals surface area (Å²) in [7, 11) is 0. The van der Waals surface area contributed by atoms with Crippen LogP contribution in [0.5, 0.6) is 0 Å². The van der Waals surface area contributed by atoms with E-state index in [9.17, 15) is 4.79 Å². The smallest absolute Gasteiger partial charge is 0.268 e. The van der Waals surface area contributed by atoms with Gasteiger partial charge in [0, 0.05) is 23.7 Å². The summed E-state index contributed by atoms with van der Waals surface area (Å²) in [6, 6.07) is 7.93. The lowest BCUT2D eigenvalue weighted by Gasteiger charge is -2.17. The number of nitrogens with two attached hydrogens (primary N) is 1. The van der Waals surface area contributed by atoms with Gasteiger partial charge in [0.2, 0.25) is 0 Å². The maximum atomic E-state index is 12.4. The molecule has 0 aromatic carbocycles.